The number of hydrogen-bond donors (Lipinski definition) is 0. The van der Waals surface area contributed by atoms with Crippen molar-refractivity contribution in [2.45, 2.75) is 0 Å². The maximum atomic E-state index is 3.80. The first-order valence-electron chi connectivity index (χ1n) is 2.09. The summed E-state index contributed by atoms with van der Waals surface area (Å²) >= 11 is 9.85. The van der Waals surface area contributed by atoms with Gasteiger partial charge in [0.1, 0.15) is 6.20 Å². The second kappa shape index (κ2) is 3.12. The van der Waals surface area contributed by atoms with Gasteiger partial charge in [0.2, 0.25) is 0 Å². The van der Waals surface area contributed by atoms with Crippen LogP contribution in [-0.2, 0) is 0 Å². The molecule has 0 aromatic carbocycles. The average molecular weight is 315 g/mol. The van der Waals surface area contributed by atoms with Crippen LogP contribution in [0.1, 0.15) is 0 Å². The molecule has 1 aromatic heterocycles. The Morgan fingerprint density at radius 2 is 2.00 bits per heavy atom. The van der Waals surface area contributed by atoms with Gasteiger partial charge in [-0.2, -0.15) is 0 Å². The van der Waals surface area contributed by atoms with E-state index < -0.39 is 0 Å². The van der Waals surface area contributed by atoms with E-state index in [1.165, 1.54) is 0 Å². The Morgan fingerprint density at radius 3 is 2.44 bits per heavy atom. The van der Waals surface area contributed by atoms with Gasteiger partial charge in [0.05, 0.1) is 8.95 Å². The van der Waals surface area contributed by atoms with E-state index in [1.54, 1.807) is 6.20 Å². The highest BCUT2D eigenvalue weighted by Crippen LogP contribution is 2.28. The summed E-state index contributed by atoms with van der Waals surface area (Å²) in [5.41, 5.74) is 0. The van der Waals surface area contributed by atoms with E-state index in [0.29, 0.717) is 0 Å². The Labute approximate surface area is 78.3 Å². The molecule has 9 heavy (non-hydrogen) atoms. The van der Waals surface area contributed by atoms with Gasteiger partial charge in [-0.15, -0.1) is 0 Å². The molecule has 1 rings (SSSR count). The summed E-state index contributed by atoms with van der Waals surface area (Å²) in [7, 11) is 0. The van der Waals surface area contributed by atoms with Gasteiger partial charge in [0, 0.05) is 10.7 Å². The van der Waals surface area contributed by atoms with E-state index in [9.17, 15) is 0 Å². The van der Waals surface area contributed by atoms with Gasteiger partial charge in [-0.3, -0.25) is 4.98 Å². The summed E-state index contributed by atoms with van der Waals surface area (Å²) in [5, 5.41) is 0. The molecule has 1 radical (unpaired) electrons. The van der Waals surface area contributed by atoms with E-state index >= 15 is 0 Å². The fourth-order valence-corrected chi connectivity index (χ4v) is 1.43. The lowest BCUT2D eigenvalue weighted by Crippen LogP contribution is -1.75. The molecule has 0 saturated carbocycles. The van der Waals surface area contributed by atoms with Crippen LogP contribution >= 0.6 is 47.8 Å². The molecule has 0 saturated heterocycles. The molecule has 0 aliphatic heterocycles. The third-order valence-electron chi connectivity index (χ3n) is 0.743. The molecule has 0 atom stereocenters. The molecule has 4 heteroatoms. The fourth-order valence-electron chi connectivity index (χ4n) is 0.356. The Hall–Kier alpha value is 0.590. The molecule has 0 N–H and O–H groups in total. The zero-order valence-electron chi connectivity index (χ0n) is 4.16. The second-order valence-electron chi connectivity index (χ2n) is 1.35. The van der Waals surface area contributed by atoms with Crippen molar-refractivity contribution in [2.24, 2.45) is 0 Å². The first kappa shape index (κ1) is 7.69. The molecule has 0 spiro atoms. The molecule has 0 amide bonds. The fraction of sp³-hybridized carbons (Fsp3) is 0. The van der Waals surface area contributed by atoms with Crippen molar-refractivity contribution in [1.29, 1.82) is 0 Å². The molecule has 0 aliphatic rings. The first-order chi connectivity index (χ1) is 4.22. The van der Waals surface area contributed by atoms with Crippen LogP contribution in [0, 0.1) is 6.20 Å². The maximum Gasteiger partial charge on any atom is 0.105 e. The van der Waals surface area contributed by atoms with Crippen molar-refractivity contribution >= 4 is 47.8 Å². The molecule has 1 heterocycles. The van der Waals surface area contributed by atoms with E-state index in [2.05, 4.69) is 59.0 Å². The standard InChI is InChI=1S/C5HBr3N/c6-3-1-9-2-4(7)5(3)8/h1H. The zero-order valence-corrected chi connectivity index (χ0v) is 8.92. The van der Waals surface area contributed by atoms with Crippen LogP contribution in [0.4, 0.5) is 0 Å². The van der Waals surface area contributed by atoms with E-state index in [4.69, 9.17) is 0 Å². The van der Waals surface area contributed by atoms with Crippen LogP contribution in [0.5, 0.6) is 0 Å². The number of hydrogen-bond acceptors (Lipinski definition) is 1. The molecular weight excluding hydrogens is 314 g/mol. The summed E-state index contributed by atoms with van der Waals surface area (Å²) in [6.45, 7) is 0. The Morgan fingerprint density at radius 1 is 1.33 bits per heavy atom. The van der Waals surface area contributed by atoms with Gasteiger partial charge in [-0.1, -0.05) is 0 Å². The minimum atomic E-state index is 0.830. The molecule has 0 bridgehead atoms. The van der Waals surface area contributed by atoms with Crippen molar-refractivity contribution < 1.29 is 0 Å². The minimum absolute atomic E-state index is 0.830. The SMILES string of the molecule is Brc1[c]ncc(Br)c1Br. The molecular formula is C5HBr3N. The summed E-state index contributed by atoms with van der Waals surface area (Å²) in [6.07, 6.45) is 4.41. The summed E-state index contributed by atoms with van der Waals surface area (Å²) in [4.78, 5) is 3.80. The highest BCUT2D eigenvalue weighted by atomic mass is 79.9. The van der Waals surface area contributed by atoms with E-state index in [1.807, 2.05) is 0 Å². The van der Waals surface area contributed by atoms with E-state index in [-0.39, 0.29) is 0 Å². The lowest BCUT2D eigenvalue weighted by molar-refractivity contribution is 1.26. The topological polar surface area (TPSA) is 12.9 Å². The lowest BCUT2D eigenvalue weighted by atomic mass is 10.5. The van der Waals surface area contributed by atoms with Gasteiger partial charge in [0.15, 0.2) is 0 Å². The third kappa shape index (κ3) is 1.75. The second-order valence-corrected chi connectivity index (χ2v) is 3.79. The van der Waals surface area contributed by atoms with Gasteiger partial charge in [0.25, 0.3) is 0 Å². The number of rotatable bonds is 0. The highest BCUT2D eigenvalue weighted by Gasteiger charge is 1.99. The third-order valence-corrected chi connectivity index (χ3v) is 3.81. The summed E-state index contributed by atoms with van der Waals surface area (Å²) < 4.78 is 2.70. The predicted octanol–water partition coefficient (Wildman–Crippen LogP) is 3.17. The van der Waals surface area contributed by atoms with Gasteiger partial charge < -0.3 is 0 Å². The monoisotopic (exact) mass is 312 g/mol. The Bertz CT molecular complexity index is 203. The molecule has 1 aromatic rings. The Balaban J connectivity index is 3.25. The molecule has 0 aliphatic carbocycles. The minimum Gasteiger partial charge on any atom is -0.252 e. The summed E-state index contributed by atoms with van der Waals surface area (Å²) in [5.74, 6) is 0. The van der Waals surface area contributed by atoms with Gasteiger partial charge in [-0.25, -0.2) is 0 Å². The van der Waals surface area contributed by atoms with Crippen molar-refractivity contribution in [1.82, 2.24) is 4.98 Å². The highest BCUT2D eigenvalue weighted by molar-refractivity contribution is 9.14. The van der Waals surface area contributed by atoms with Crippen LogP contribution in [0.2, 0.25) is 0 Å². The first-order valence-corrected chi connectivity index (χ1v) is 4.47. The predicted molar refractivity (Wildman–Crippen MR) is 46.2 cm³/mol. The number of aromatic nitrogens is 1. The van der Waals surface area contributed by atoms with Crippen molar-refractivity contribution in [3.63, 3.8) is 0 Å². The van der Waals surface area contributed by atoms with Crippen LogP contribution in [0.3, 0.4) is 0 Å². The number of halogens is 3. The molecule has 0 unspecified atom stereocenters. The Kier molecular flexibility index (Phi) is 2.67. The van der Waals surface area contributed by atoms with Crippen molar-refractivity contribution in [3.8, 4) is 0 Å². The van der Waals surface area contributed by atoms with Gasteiger partial charge >= 0.3 is 0 Å². The maximum absolute atomic E-state index is 3.80. The van der Waals surface area contributed by atoms with E-state index in [0.717, 1.165) is 13.4 Å². The summed E-state index contributed by atoms with van der Waals surface area (Å²) in [6, 6.07) is 0. The molecule has 47 valence electrons. The quantitative estimate of drug-likeness (QED) is 0.717. The molecule has 0 fully saturated rings. The van der Waals surface area contributed by atoms with Gasteiger partial charge in [-0.05, 0) is 47.8 Å². The lowest BCUT2D eigenvalue weighted by Gasteiger charge is -1.94. The average Bonchev–Trinajstić information content (AvgIpc) is 1.83. The zero-order chi connectivity index (χ0) is 6.85. The van der Waals surface area contributed by atoms with Crippen LogP contribution in [0.25, 0.3) is 0 Å². The largest absolute Gasteiger partial charge is 0.252 e. The number of nitrogens with zero attached hydrogens (tertiary/aromatic N) is 1. The normalized spacial score (nSPS) is 9.67. The smallest absolute Gasteiger partial charge is 0.105 e. The van der Waals surface area contributed by atoms with Crippen molar-refractivity contribution in [3.05, 3.63) is 25.8 Å². The van der Waals surface area contributed by atoms with Crippen LogP contribution in [0.15, 0.2) is 19.6 Å². The van der Waals surface area contributed by atoms with Crippen molar-refractivity contribution in [2.75, 3.05) is 0 Å². The number of pyridine rings is 1. The van der Waals surface area contributed by atoms with Crippen LogP contribution in [-0.4, -0.2) is 4.98 Å². The molecule has 1 nitrogen and oxygen atoms in total. The van der Waals surface area contributed by atoms with Crippen LogP contribution < -0.4 is 0 Å².